The van der Waals surface area contributed by atoms with E-state index < -0.39 is 6.29 Å². The first-order chi connectivity index (χ1) is 10.2. The fourth-order valence-corrected chi connectivity index (χ4v) is 2.65. The normalized spacial score (nSPS) is 21.1. The van der Waals surface area contributed by atoms with Gasteiger partial charge in [-0.15, -0.1) is 12.4 Å². The number of halogens is 1. The Morgan fingerprint density at radius 3 is 2.41 bits per heavy atom. The summed E-state index contributed by atoms with van der Waals surface area (Å²) in [6.07, 6.45) is 1.75. The molecule has 1 fully saturated rings. The van der Waals surface area contributed by atoms with E-state index in [0.717, 1.165) is 43.3 Å². The van der Waals surface area contributed by atoms with Crippen molar-refractivity contribution in [1.29, 1.82) is 0 Å². The number of methoxy groups -OCH3 is 1. The fraction of sp³-hybridized carbons (Fsp3) is 0.429. The van der Waals surface area contributed by atoms with Gasteiger partial charge in [0.25, 0.3) is 0 Å². The van der Waals surface area contributed by atoms with Crippen molar-refractivity contribution in [2.75, 3.05) is 25.1 Å². The van der Waals surface area contributed by atoms with Crippen LogP contribution in [0.1, 0.15) is 12.8 Å². The summed E-state index contributed by atoms with van der Waals surface area (Å²) in [6.45, 7) is 1.93. The van der Waals surface area contributed by atoms with E-state index in [1.807, 2.05) is 29.2 Å². The van der Waals surface area contributed by atoms with E-state index in [-0.39, 0.29) is 18.4 Å². The summed E-state index contributed by atoms with van der Waals surface area (Å²) in [5.74, 6) is 1.80. The van der Waals surface area contributed by atoms with E-state index in [1.165, 1.54) is 0 Å². The molecule has 2 aliphatic heterocycles. The van der Waals surface area contributed by atoms with Crippen LogP contribution in [-0.2, 0) is 0 Å². The largest absolute Gasteiger partial charge is 0.497 e. The fourth-order valence-electron chi connectivity index (χ4n) is 2.65. The van der Waals surface area contributed by atoms with Crippen LogP contribution in [0.4, 0.5) is 5.69 Å². The van der Waals surface area contributed by atoms with Crippen LogP contribution in [0.15, 0.2) is 34.3 Å². The quantitative estimate of drug-likeness (QED) is 0.845. The predicted octanol–water partition coefficient (Wildman–Crippen LogP) is 0.946. The molecule has 2 heterocycles. The Kier molecular flexibility index (Phi) is 5.10. The van der Waals surface area contributed by atoms with Crippen molar-refractivity contribution >= 4 is 30.0 Å². The molecule has 0 aromatic heterocycles. The number of benzene rings is 1. The van der Waals surface area contributed by atoms with Gasteiger partial charge in [0.2, 0.25) is 11.9 Å². The van der Waals surface area contributed by atoms with Crippen LogP contribution in [0.25, 0.3) is 0 Å². The minimum atomic E-state index is -0.563. The molecule has 1 aromatic rings. The zero-order chi connectivity index (χ0) is 14.8. The smallest absolute Gasteiger partial charge is 0.221 e. The summed E-state index contributed by atoms with van der Waals surface area (Å²) in [5.41, 5.74) is 12.8. The first-order valence-electron chi connectivity index (χ1n) is 7.05. The van der Waals surface area contributed by atoms with Gasteiger partial charge in [0.15, 0.2) is 6.29 Å². The van der Waals surface area contributed by atoms with Crippen molar-refractivity contribution < 1.29 is 4.74 Å². The standard InChI is InChI=1S/C14H20N6O.ClH/c1-21-11-6-4-10(5-7-11)20-13(16)17-12(15)18-14(20)19-8-2-3-9-19;/h4-7,13H,2-3,8-9,16H2,1H3,(H2,15,17);1H. The van der Waals surface area contributed by atoms with Gasteiger partial charge in [-0.05, 0) is 37.1 Å². The molecule has 1 aromatic carbocycles. The third-order valence-electron chi connectivity index (χ3n) is 3.70. The molecule has 1 unspecified atom stereocenters. The molecular formula is C14H21ClN6O. The van der Waals surface area contributed by atoms with Gasteiger partial charge >= 0.3 is 0 Å². The molecule has 1 atom stereocenters. The topological polar surface area (TPSA) is 92.5 Å². The zero-order valence-electron chi connectivity index (χ0n) is 12.5. The average molecular weight is 325 g/mol. The van der Waals surface area contributed by atoms with Crippen molar-refractivity contribution in [3.8, 4) is 5.75 Å². The summed E-state index contributed by atoms with van der Waals surface area (Å²) < 4.78 is 5.19. The van der Waals surface area contributed by atoms with Crippen LogP contribution in [0.2, 0.25) is 0 Å². The Hall–Kier alpha value is -1.99. The van der Waals surface area contributed by atoms with E-state index in [9.17, 15) is 0 Å². The molecule has 7 nitrogen and oxygen atoms in total. The van der Waals surface area contributed by atoms with E-state index in [0.29, 0.717) is 0 Å². The molecule has 0 spiro atoms. The van der Waals surface area contributed by atoms with Crippen molar-refractivity contribution in [2.45, 2.75) is 19.1 Å². The number of rotatable bonds is 2. The molecule has 2 aliphatic rings. The molecule has 0 aliphatic carbocycles. The van der Waals surface area contributed by atoms with Crippen LogP contribution < -0.4 is 21.1 Å². The summed E-state index contributed by atoms with van der Waals surface area (Å²) >= 11 is 0. The lowest BCUT2D eigenvalue weighted by atomic mass is 10.2. The SMILES string of the molecule is COc1ccc(N2C(N3CCCC3)=NC(N)=NC2N)cc1.Cl. The highest BCUT2D eigenvalue weighted by Gasteiger charge is 2.30. The van der Waals surface area contributed by atoms with Gasteiger partial charge in [0.05, 0.1) is 7.11 Å². The highest BCUT2D eigenvalue weighted by atomic mass is 35.5. The van der Waals surface area contributed by atoms with E-state index >= 15 is 0 Å². The summed E-state index contributed by atoms with van der Waals surface area (Å²) in [5, 5.41) is 0. The minimum Gasteiger partial charge on any atom is -0.497 e. The van der Waals surface area contributed by atoms with Crippen LogP contribution in [-0.4, -0.2) is 43.3 Å². The minimum absolute atomic E-state index is 0. The monoisotopic (exact) mass is 324 g/mol. The molecule has 3 rings (SSSR count). The zero-order valence-corrected chi connectivity index (χ0v) is 13.3. The molecule has 0 radical (unpaired) electrons. The van der Waals surface area contributed by atoms with E-state index in [1.54, 1.807) is 7.11 Å². The number of aliphatic imine (C=N–C) groups is 2. The Morgan fingerprint density at radius 1 is 1.18 bits per heavy atom. The molecule has 120 valence electrons. The van der Waals surface area contributed by atoms with Crippen molar-refractivity contribution in [3.63, 3.8) is 0 Å². The second kappa shape index (κ2) is 6.85. The molecule has 0 saturated carbocycles. The number of anilines is 1. The second-order valence-corrected chi connectivity index (χ2v) is 5.07. The second-order valence-electron chi connectivity index (χ2n) is 5.07. The Bertz CT molecular complexity index is 567. The van der Waals surface area contributed by atoms with Crippen LogP contribution in [0.5, 0.6) is 5.75 Å². The van der Waals surface area contributed by atoms with Gasteiger partial charge in [-0.2, -0.15) is 4.99 Å². The van der Waals surface area contributed by atoms with Crippen molar-refractivity contribution in [2.24, 2.45) is 21.5 Å². The first-order valence-corrected chi connectivity index (χ1v) is 7.05. The molecule has 22 heavy (non-hydrogen) atoms. The number of ether oxygens (including phenoxy) is 1. The number of guanidine groups is 2. The number of nitrogens with two attached hydrogens (primary N) is 2. The molecule has 8 heteroatoms. The average Bonchev–Trinajstić information content (AvgIpc) is 3.01. The maximum Gasteiger partial charge on any atom is 0.221 e. The maximum atomic E-state index is 6.15. The van der Waals surface area contributed by atoms with Gasteiger partial charge in [0.1, 0.15) is 5.75 Å². The highest BCUT2D eigenvalue weighted by Crippen LogP contribution is 2.24. The number of hydrogen-bond donors (Lipinski definition) is 2. The lowest BCUT2D eigenvalue weighted by Gasteiger charge is -2.36. The molecule has 0 amide bonds. The van der Waals surface area contributed by atoms with E-state index in [2.05, 4.69) is 14.9 Å². The van der Waals surface area contributed by atoms with Crippen LogP contribution in [0.3, 0.4) is 0 Å². The maximum absolute atomic E-state index is 6.15. The molecule has 4 N–H and O–H groups in total. The highest BCUT2D eigenvalue weighted by molar-refractivity contribution is 6.05. The van der Waals surface area contributed by atoms with Gasteiger partial charge in [-0.1, -0.05) is 0 Å². The first kappa shape index (κ1) is 16.4. The lowest BCUT2D eigenvalue weighted by Crippen LogP contribution is -2.55. The van der Waals surface area contributed by atoms with Crippen LogP contribution in [0, 0.1) is 0 Å². The molecular weight excluding hydrogens is 304 g/mol. The molecule has 0 bridgehead atoms. The van der Waals surface area contributed by atoms with Gasteiger partial charge in [0, 0.05) is 18.8 Å². The van der Waals surface area contributed by atoms with Crippen molar-refractivity contribution in [3.05, 3.63) is 24.3 Å². The van der Waals surface area contributed by atoms with Gasteiger partial charge in [-0.25, -0.2) is 4.99 Å². The van der Waals surface area contributed by atoms with Crippen molar-refractivity contribution in [1.82, 2.24) is 4.90 Å². The third kappa shape index (κ3) is 3.10. The van der Waals surface area contributed by atoms with Gasteiger partial charge < -0.3 is 15.4 Å². The van der Waals surface area contributed by atoms with Gasteiger partial charge in [-0.3, -0.25) is 10.6 Å². The van der Waals surface area contributed by atoms with Crippen LogP contribution >= 0.6 is 12.4 Å². The lowest BCUT2D eigenvalue weighted by molar-refractivity contribution is 0.414. The number of hydrogen-bond acceptors (Lipinski definition) is 7. The number of likely N-dealkylation sites (tertiary alicyclic amines) is 1. The Labute approximate surface area is 136 Å². The van der Waals surface area contributed by atoms with E-state index in [4.69, 9.17) is 16.2 Å². The molecule has 1 saturated heterocycles. The summed E-state index contributed by atoms with van der Waals surface area (Å²) in [4.78, 5) is 12.7. The third-order valence-corrected chi connectivity index (χ3v) is 3.70. The Balaban J connectivity index is 0.00000176. The Morgan fingerprint density at radius 2 is 1.82 bits per heavy atom. The predicted molar refractivity (Wildman–Crippen MR) is 90.6 cm³/mol. The summed E-state index contributed by atoms with van der Waals surface area (Å²) in [6, 6.07) is 7.68. The number of nitrogens with zero attached hydrogens (tertiary/aromatic N) is 4. The summed E-state index contributed by atoms with van der Waals surface area (Å²) in [7, 11) is 1.64.